The molecule has 1 N–H and O–H groups in total. The summed E-state index contributed by atoms with van der Waals surface area (Å²) < 4.78 is 0. The van der Waals surface area contributed by atoms with Crippen LogP contribution < -0.4 is 4.90 Å². The van der Waals surface area contributed by atoms with E-state index in [9.17, 15) is 14.4 Å². The Morgan fingerprint density at radius 2 is 2.06 bits per heavy atom. The third-order valence-electron chi connectivity index (χ3n) is 2.64. The first-order chi connectivity index (χ1) is 7.95. The summed E-state index contributed by atoms with van der Waals surface area (Å²) in [5, 5.41) is 9.06. The smallest absolute Gasteiger partial charge is 0.326 e. The zero-order valence-electron chi connectivity index (χ0n) is 8.81. The van der Waals surface area contributed by atoms with E-state index in [1.807, 2.05) is 0 Å². The Balaban J connectivity index is 2.60. The number of Topliss-reactive ketones (excluding diaryl/α,β-unsaturated/α-hetero) is 1. The van der Waals surface area contributed by atoms with Gasteiger partial charge in [0.05, 0.1) is 16.3 Å². The zero-order chi connectivity index (χ0) is 12.7. The molecule has 6 heteroatoms. The molecule has 0 fully saturated rings. The number of rotatable bonds is 2. The minimum Gasteiger partial charge on any atom is -0.480 e. The van der Waals surface area contributed by atoms with Crippen molar-refractivity contribution >= 4 is 34.9 Å². The highest BCUT2D eigenvalue weighted by molar-refractivity contribution is 6.55. The predicted octanol–water partition coefficient (Wildman–Crippen LogP) is 1.34. The molecule has 0 spiro atoms. The number of aliphatic carboxylic acids is 1. The van der Waals surface area contributed by atoms with Crippen LogP contribution in [0.25, 0.3) is 0 Å². The number of carboxylic acid groups (broad SMARTS) is 1. The molecule has 1 atom stereocenters. The van der Waals surface area contributed by atoms with Gasteiger partial charge in [0.2, 0.25) is 0 Å². The zero-order valence-corrected chi connectivity index (χ0v) is 9.56. The first-order valence-corrected chi connectivity index (χ1v) is 5.22. The molecule has 0 radical (unpaired) electrons. The van der Waals surface area contributed by atoms with Crippen molar-refractivity contribution < 1.29 is 19.5 Å². The molecular weight excluding hydrogens is 246 g/mol. The number of carbonyl (C=O) groups excluding carboxylic acids is 2. The monoisotopic (exact) mass is 253 g/mol. The van der Waals surface area contributed by atoms with Crippen LogP contribution >= 0.6 is 11.6 Å². The molecule has 5 nitrogen and oxygen atoms in total. The molecule has 17 heavy (non-hydrogen) atoms. The number of halogens is 1. The standard InChI is InChI=1S/C11H8ClNO4/c1-5(11(16)17)13-7-4-2-3-6(12)8(7)9(14)10(13)15/h2-5H,1H3,(H,16,17). The number of hydrogen-bond donors (Lipinski definition) is 1. The fourth-order valence-corrected chi connectivity index (χ4v) is 2.01. The number of fused-ring (bicyclic) bond motifs is 1. The van der Waals surface area contributed by atoms with Crippen molar-refractivity contribution in [3.05, 3.63) is 28.8 Å². The lowest BCUT2D eigenvalue weighted by atomic mass is 10.1. The largest absolute Gasteiger partial charge is 0.480 e. The molecule has 1 aromatic rings. The molecular formula is C11H8ClNO4. The first-order valence-electron chi connectivity index (χ1n) is 4.84. The van der Waals surface area contributed by atoms with Crippen LogP contribution in [0.4, 0.5) is 5.69 Å². The van der Waals surface area contributed by atoms with E-state index in [-0.39, 0.29) is 16.3 Å². The fraction of sp³-hybridized carbons (Fsp3) is 0.182. The maximum Gasteiger partial charge on any atom is 0.326 e. The van der Waals surface area contributed by atoms with Gasteiger partial charge in [-0.05, 0) is 19.1 Å². The highest BCUT2D eigenvalue weighted by atomic mass is 35.5. The maximum atomic E-state index is 11.7. The Bertz CT molecular complexity index is 540. The van der Waals surface area contributed by atoms with Crippen LogP contribution in [-0.2, 0) is 9.59 Å². The van der Waals surface area contributed by atoms with Crippen molar-refractivity contribution in [1.82, 2.24) is 0 Å². The third-order valence-corrected chi connectivity index (χ3v) is 2.95. The van der Waals surface area contributed by atoms with Crippen LogP contribution in [0.15, 0.2) is 18.2 Å². The molecule has 0 bridgehead atoms. The number of carbonyl (C=O) groups is 3. The van der Waals surface area contributed by atoms with E-state index >= 15 is 0 Å². The van der Waals surface area contributed by atoms with E-state index in [4.69, 9.17) is 16.7 Å². The molecule has 0 saturated heterocycles. The number of anilines is 1. The number of benzene rings is 1. The van der Waals surface area contributed by atoms with E-state index in [1.54, 1.807) is 6.07 Å². The van der Waals surface area contributed by atoms with Crippen LogP contribution in [0.2, 0.25) is 5.02 Å². The molecule has 0 aromatic heterocycles. The van der Waals surface area contributed by atoms with Gasteiger partial charge in [-0.3, -0.25) is 14.5 Å². The van der Waals surface area contributed by atoms with Crippen LogP contribution in [0.3, 0.4) is 0 Å². The van der Waals surface area contributed by atoms with Crippen LogP contribution in [0, 0.1) is 0 Å². The van der Waals surface area contributed by atoms with Crippen molar-refractivity contribution in [2.75, 3.05) is 4.90 Å². The Kier molecular flexibility index (Phi) is 2.63. The maximum absolute atomic E-state index is 11.7. The quantitative estimate of drug-likeness (QED) is 0.807. The molecule has 1 heterocycles. The fourth-order valence-electron chi connectivity index (χ4n) is 1.76. The minimum absolute atomic E-state index is 0.0762. The number of ketones is 1. The summed E-state index contributed by atoms with van der Waals surface area (Å²) >= 11 is 5.83. The molecule has 1 aliphatic heterocycles. The third kappa shape index (κ3) is 1.59. The molecule has 88 valence electrons. The summed E-state index contributed by atoms with van der Waals surface area (Å²) in [6.45, 7) is 1.34. The van der Waals surface area contributed by atoms with Crippen molar-refractivity contribution in [3.63, 3.8) is 0 Å². The first kappa shape index (κ1) is 11.6. The Morgan fingerprint density at radius 1 is 1.41 bits per heavy atom. The van der Waals surface area contributed by atoms with E-state index in [0.29, 0.717) is 0 Å². The van der Waals surface area contributed by atoms with Gasteiger partial charge in [0.1, 0.15) is 6.04 Å². The summed E-state index contributed by atoms with van der Waals surface area (Å²) in [6.07, 6.45) is 0. The predicted molar refractivity (Wildman–Crippen MR) is 60.4 cm³/mol. The van der Waals surface area contributed by atoms with Crippen LogP contribution in [0.1, 0.15) is 17.3 Å². The van der Waals surface area contributed by atoms with Crippen molar-refractivity contribution in [2.24, 2.45) is 0 Å². The molecule has 0 aliphatic carbocycles. The lowest BCUT2D eigenvalue weighted by molar-refractivity contribution is -0.139. The van der Waals surface area contributed by atoms with Gasteiger partial charge in [0.15, 0.2) is 0 Å². The molecule has 1 aliphatic rings. The van der Waals surface area contributed by atoms with Crippen LogP contribution in [-0.4, -0.2) is 28.8 Å². The molecule has 2 rings (SSSR count). The summed E-state index contributed by atoms with van der Waals surface area (Å²) in [5.74, 6) is -2.80. The molecule has 1 amide bonds. The average Bonchev–Trinajstić information content (AvgIpc) is 2.52. The Morgan fingerprint density at radius 3 is 2.65 bits per heavy atom. The van der Waals surface area contributed by atoms with E-state index < -0.39 is 23.7 Å². The molecule has 1 aromatic carbocycles. The van der Waals surface area contributed by atoms with Gasteiger partial charge in [-0.2, -0.15) is 0 Å². The highest BCUT2D eigenvalue weighted by Crippen LogP contribution is 2.35. The lowest BCUT2D eigenvalue weighted by Gasteiger charge is -2.20. The van der Waals surface area contributed by atoms with E-state index in [1.165, 1.54) is 19.1 Å². The van der Waals surface area contributed by atoms with Crippen molar-refractivity contribution in [3.8, 4) is 0 Å². The second-order valence-electron chi connectivity index (χ2n) is 3.65. The van der Waals surface area contributed by atoms with Crippen molar-refractivity contribution in [1.29, 1.82) is 0 Å². The second-order valence-corrected chi connectivity index (χ2v) is 4.06. The number of amides is 1. The normalized spacial score (nSPS) is 16.0. The SMILES string of the molecule is CC(C(=O)O)N1C(=O)C(=O)c2c(Cl)cccc21. The minimum atomic E-state index is -1.18. The van der Waals surface area contributed by atoms with Crippen molar-refractivity contribution in [2.45, 2.75) is 13.0 Å². The second kappa shape index (κ2) is 3.85. The topological polar surface area (TPSA) is 74.7 Å². The van der Waals surface area contributed by atoms with Gasteiger partial charge in [0.25, 0.3) is 11.7 Å². The highest BCUT2D eigenvalue weighted by Gasteiger charge is 2.41. The number of nitrogens with zero attached hydrogens (tertiary/aromatic N) is 1. The Hall–Kier alpha value is -1.88. The number of hydrogen-bond acceptors (Lipinski definition) is 3. The Labute approximate surface area is 102 Å². The van der Waals surface area contributed by atoms with Gasteiger partial charge in [-0.25, -0.2) is 4.79 Å². The molecule has 0 saturated carbocycles. The van der Waals surface area contributed by atoms with Gasteiger partial charge in [-0.1, -0.05) is 17.7 Å². The van der Waals surface area contributed by atoms with E-state index in [2.05, 4.69) is 0 Å². The van der Waals surface area contributed by atoms with Gasteiger partial charge in [0, 0.05) is 0 Å². The summed E-state index contributed by atoms with van der Waals surface area (Å²) in [5.41, 5.74) is 0.328. The number of carboxylic acids is 1. The average molecular weight is 254 g/mol. The van der Waals surface area contributed by atoms with Crippen LogP contribution in [0.5, 0.6) is 0 Å². The van der Waals surface area contributed by atoms with E-state index in [0.717, 1.165) is 4.90 Å². The molecule has 1 unspecified atom stereocenters. The van der Waals surface area contributed by atoms with Gasteiger partial charge in [-0.15, -0.1) is 0 Å². The summed E-state index contributed by atoms with van der Waals surface area (Å²) in [4.78, 5) is 35.2. The van der Waals surface area contributed by atoms with Gasteiger partial charge < -0.3 is 5.11 Å². The van der Waals surface area contributed by atoms with Gasteiger partial charge >= 0.3 is 5.97 Å². The lowest BCUT2D eigenvalue weighted by Crippen LogP contribution is -2.42. The summed E-state index contributed by atoms with van der Waals surface area (Å²) in [7, 11) is 0. The summed E-state index contributed by atoms with van der Waals surface area (Å²) in [6, 6.07) is 3.45.